The molecule has 0 bridgehead atoms. The second-order valence-electron chi connectivity index (χ2n) is 20.9. The number of carboxylic acids is 2. The van der Waals surface area contributed by atoms with Crippen LogP contribution in [0.25, 0.3) is 43.8 Å². The third kappa shape index (κ3) is 8.77. The van der Waals surface area contributed by atoms with Crippen LogP contribution >= 0.6 is 57.7 Å². The van der Waals surface area contributed by atoms with Crippen LogP contribution in [0.1, 0.15) is 111 Å². The van der Waals surface area contributed by atoms with Crippen LogP contribution in [0.3, 0.4) is 0 Å². The van der Waals surface area contributed by atoms with Crippen LogP contribution in [-0.4, -0.2) is 68.2 Å². The number of anilines is 2. The highest BCUT2D eigenvalue weighted by Gasteiger charge is 2.51. The predicted octanol–water partition coefficient (Wildman–Crippen LogP) is 14.8. The van der Waals surface area contributed by atoms with Crippen molar-refractivity contribution in [3.63, 3.8) is 0 Å². The molecule has 2 aliphatic heterocycles. The zero-order chi connectivity index (χ0) is 52.4. The van der Waals surface area contributed by atoms with Crippen LogP contribution in [0, 0.1) is 5.41 Å². The van der Waals surface area contributed by atoms with Crippen molar-refractivity contribution < 1.29 is 42.7 Å². The van der Waals surface area contributed by atoms with Crippen molar-refractivity contribution in [2.45, 2.75) is 82.0 Å². The predicted molar refractivity (Wildman–Crippen MR) is 292 cm³/mol. The summed E-state index contributed by atoms with van der Waals surface area (Å²) >= 11 is 29.7. The number of aromatic carboxylic acids is 2. The average Bonchev–Trinajstić information content (AvgIpc) is 4.14. The molecule has 1 saturated heterocycles. The molecule has 0 radical (unpaired) electrons. The summed E-state index contributed by atoms with van der Waals surface area (Å²) in [4.78, 5) is 37.0. The lowest BCUT2D eigenvalue weighted by Crippen LogP contribution is -2.44. The number of benzene rings is 5. The van der Waals surface area contributed by atoms with Crippen LogP contribution in [0.5, 0.6) is 11.5 Å². The van der Waals surface area contributed by atoms with E-state index in [0.29, 0.717) is 89.3 Å². The molecular weight excluding hydrogens is 1090 g/mol. The molecule has 5 aliphatic rings. The van der Waals surface area contributed by atoms with Crippen LogP contribution in [0.15, 0.2) is 98.4 Å². The molecule has 3 aliphatic carbocycles. The quantitative estimate of drug-likeness (QED) is 0.104. The lowest BCUT2D eigenvalue weighted by Gasteiger charge is -2.44. The normalized spacial score (nSPS) is 20.8. The van der Waals surface area contributed by atoms with E-state index >= 15 is 0 Å². The maximum absolute atomic E-state index is 11.6. The summed E-state index contributed by atoms with van der Waals surface area (Å²) < 4.78 is 32.7. The van der Waals surface area contributed by atoms with Crippen LogP contribution in [-0.2, 0) is 24.3 Å². The number of aromatic nitrogens is 4. The van der Waals surface area contributed by atoms with E-state index in [1.807, 2.05) is 18.2 Å². The van der Waals surface area contributed by atoms with Gasteiger partial charge in [-0.1, -0.05) is 86.3 Å². The minimum Gasteiger partial charge on any atom is -0.478 e. The molecule has 9 aromatic rings. The first kappa shape index (κ1) is 48.7. The minimum atomic E-state index is -1.02. The van der Waals surface area contributed by atoms with E-state index < -0.39 is 11.9 Å². The van der Waals surface area contributed by atoms with E-state index in [9.17, 15) is 19.8 Å². The van der Waals surface area contributed by atoms with Crippen molar-refractivity contribution in [1.29, 1.82) is 0 Å². The zero-order valence-corrected chi connectivity index (χ0v) is 44.6. The summed E-state index contributed by atoms with van der Waals surface area (Å²) in [6.45, 7) is 3.13. The molecule has 2 atom stereocenters. The third-order valence-electron chi connectivity index (χ3n) is 15.9. The van der Waals surface area contributed by atoms with Crippen molar-refractivity contribution in [3.05, 3.63) is 150 Å². The molecule has 4 aromatic heterocycles. The molecule has 15 nitrogen and oxygen atoms in total. The van der Waals surface area contributed by atoms with Gasteiger partial charge < -0.3 is 42.9 Å². The van der Waals surface area contributed by atoms with Gasteiger partial charge in [0, 0.05) is 54.7 Å². The smallest absolute Gasteiger partial charge is 0.335 e. The van der Waals surface area contributed by atoms with Gasteiger partial charge in [-0.25, -0.2) is 14.6 Å². The summed E-state index contributed by atoms with van der Waals surface area (Å²) in [6.07, 6.45) is 6.00. The number of thiazole rings is 1. The number of carboxylic acid groups (broad SMARTS) is 2. The largest absolute Gasteiger partial charge is 0.478 e. The molecular formula is C57H44Cl4N6O9S. The Morgan fingerprint density at radius 1 is 0.766 bits per heavy atom. The Balaban J connectivity index is 0.697. The molecule has 390 valence electrons. The molecule has 3 saturated carbocycles. The van der Waals surface area contributed by atoms with Gasteiger partial charge in [-0.15, -0.1) is 0 Å². The fraction of sp³-hybridized carbons (Fsp3) is 0.298. The standard InChI is InChI=1S/C57H44Cl4N6O9S/c58-38-2-1-3-39(59)45(38)48-37(25-72-33-22-57(23-33)15-17-67(26-57)55-62-41-12-7-29(53(68)69)19-43(41)74-55)51(76-64-48)36-21-35(36)34-10-11-40(60)46(47(34)61)49-52(50(75-65-49)27-4-5-27)73-32-9-6-31-24-66(16-14-28(31)18-32)56-63-42-13-8-30(54(70)71)20-44(42)77-56/h1-3,6-13,18-20,27,33,35-36H,4-5,14-17,21-26H2,(H,68,69)(H,70,71). The molecule has 2 N–H and O–H groups in total. The van der Waals surface area contributed by atoms with Gasteiger partial charge in [-0.3, -0.25) is 0 Å². The van der Waals surface area contributed by atoms with Gasteiger partial charge in [0.1, 0.15) is 22.7 Å². The summed E-state index contributed by atoms with van der Waals surface area (Å²) in [7, 11) is 0. The number of fused-ring (bicyclic) bond motifs is 3. The van der Waals surface area contributed by atoms with E-state index in [4.69, 9.17) is 74.3 Å². The Morgan fingerprint density at radius 3 is 2.31 bits per heavy atom. The first-order valence-electron chi connectivity index (χ1n) is 25.4. The molecule has 6 heterocycles. The molecule has 77 heavy (non-hydrogen) atoms. The Hall–Kier alpha value is -6.66. The van der Waals surface area contributed by atoms with Crippen molar-refractivity contribution in [3.8, 4) is 34.0 Å². The number of nitrogens with zero attached hydrogens (tertiary/aromatic N) is 6. The van der Waals surface area contributed by atoms with Crippen LogP contribution in [0.4, 0.5) is 11.1 Å². The van der Waals surface area contributed by atoms with Gasteiger partial charge in [0.25, 0.3) is 6.01 Å². The molecule has 20 heteroatoms. The number of ether oxygens (including phenoxy) is 2. The Kier molecular flexibility index (Phi) is 11.9. The van der Waals surface area contributed by atoms with Crippen LogP contribution < -0.4 is 14.5 Å². The average molecular weight is 1130 g/mol. The van der Waals surface area contributed by atoms with Crippen molar-refractivity contribution in [2.24, 2.45) is 5.41 Å². The maximum atomic E-state index is 11.6. The van der Waals surface area contributed by atoms with Gasteiger partial charge >= 0.3 is 11.9 Å². The highest BCUT2D eigenvalue weighted by Crippen LogP contribution is 2.61. The van der Waals surface area contributed by atoms with Gasteiger partial charge in [0.05, 0.1) is 54.1 Å². The maximum Gasteiger partial charge on any atom is 0.335 e. The summed E-state index contributed by atoms with van der Waals surface area (Å²) in [5, 5.41) is 30.8. The summed E-state index contributed by atoms with van der Waals surface area (Å²) in [5.41, 5.74) is 8.32. The highest BCUT2D eigenvalue weighted by atomic mass is 35.5. The Bertz CT molecular complexity index is 3880. The second-order valence-corrected chi connectivity index (χ2v) is 23.5. The topological polar surface area (TPSA) is 191 Å². The summed E-state index contributed by atoms with van der Waals surface area (Å²) in [6, 6.07) is 25.5. The Labute approximate surface area is 463 Å². The van der Waals surface area contributed by atoms with Crippen molar-refractivity contribution in [1.82, 2.24) is 20.3 Å². The number of hydrogen-bond donors (Lipinski definition) is 2. The van der Waals surface area contributed by atoms with Gasteiger partial charge in [0.15, 0.2) is 27.9 Å². The third-order valence-corrected chi connectivity index (χ3v) is 18.4. The van der Waals surface area contributed by atoms with Gasteiger partial charge in [-0.05, 0) is 140 Å². The van der Waals surface area contributed by atoms with E-state index in [1.165, 1.54) is 23.5 Å². The first-order chi connectivity index (χ1) is 37.3. The minimum absolute atomic E-state index is 0.0165. The molecule has 4 fully saturated rings. The number of rotatable bonds is 14. The van der Waals surface area contributed by atoms with Crippen LogP contribution in [0.2, 0.25) is 20.1 Å². The molecule has 2 unspecified atom stereocenters. The molecule has 1 spiro atoms. The van der Waals surface area contributed by atoms with Gasteiger partial charge in [0.2, 0.25) is 0 Å². The SMILES string of the molecule is O=C(O)c1ccc2nc(N3CCC4(CC(OCc5c(-c6c(Cl)cccc6Cl)noc5C5CC5c5ccc(Cl)c(-c6noc(C7CC7)c6Oc6ccc7c(c6)CCN(c6nc8ccc(C(=O)O)cc8s6)C7)c5Cl)C4)C3)oc2c1. The number of hydrogen-bond acceptors (Lipinski definition) is 14. The van der Waals surface area contributed by atoms with E-state index in [1.54, 1.807) is 42.5 Å². The Morgan fingerprint density at radius 2 is 1.52 bits per heavy atom. The summed E-state index contributed by atoms with van der Waals surface area (Å²) in [5.74, 6) is 0.522. The van der Waals surface area contributed by atoms with Crippen molar-refractivity contribution in [2.75, 3.05) is 29.4 Å². The number of oxazole rings is 1. The number of carbonyl (C=O) groups is 2. The molecule has 5 aromatic carbocycles. The fourth-order valence-electron chi connectivity index (χ4n) is 11.6. The fourth-order valence-corrected chi connectivity index (χ4v) is 13.9. The van der Waals surface area contributed by atoms with Crippen molar-refractivity contribution >= 4 is 102 Å². The van der Waals surface area contributed by atoms with E-state index in [-0.39, 0.29) is 47.0 Å². The zero-order valence-electron chi connectivity index (χ0n) is 40.7. The lowest BCUT2D eigenvalue weighted by molar-refractivity contribution is -0.0797. The van der Waals surface area contributed by atoms with E-state index in [0.717, 1.165) is 102 Å². The first-order valence-corrected chi connectivity index (χ1v) is 27.8. The number of halogens is 4. The van der Waals surface area contributed by atoms with E-state index in [2.05, 4.69) is 37.2 Å². The monoisotopic (exact) mass is 1130 g/mol. The highest BCUT2D eigenvalue weighted by molar-refractivity contribution is 7.22. The second kappa shape index (κ2) is 18.8. The molecule has 0 amide bonds. The van der Waals surface area contributed by atoms with Gasteiger partial charge in [-0.2, -0.15) is 4.98 Å². The molecule has 14 rings (SSSR count). The lowest BCUT2D eigenvalue weighted by atomic mass is 9.66.